The zero-order chi connectivity index (χ0) is 21.1. The number of furan rings is 1. The first-order valence-electron chi connectivity index (χ1n) is 9.69. The van der Waals surface area contributed by atoms with Crippen LogP contribution in [0.3, 0.4) is 0 Å². The molecule has 2 aromatic carbocycles. The first-order chi connectivity index (χ1) is 14.5. The van der Waals surface area contributed by atoms with Gasteiger partial charge in [-0.05, 0) is 66.9 Å². The monoisotopic (exact) mass is 416 g/mol. The van der Waals surface area contributed by atoms with Gasteiger partial charge in [-0.15, -0.1) is 11.3 Å². The summed E-state index contributed by atoms with van der Waals surface area (Å²) in [4.78, 5) is 7.70. The van der Waals surface area contributed by atoms with E-state index in [0.717, 1.165) is 33.2 Å². The third-order valence-corrected chi connectivity index (χ3v) is 5.72. The highest BCUT2D eigenvalue weighted by Gasteiger charge is 2.10. The van der Waals surface area contributed by atoms with Gasteiger partial charge in [0, 0.05) is 25.2 Å². The van der Waals surface area contributed by atoms with E-state index >= 15 is 0 Å². The van der Waals surface area contributed by atoms with Gasteiger partial charge in [-0.1, -0.05) is 18.2 Å². The maximum Gasteiger partial charge on any atom is 0.211 e. The maximum absolute atomic E-state index is 5.62. The van der Waals surface area contributed by atoms with Crippen LogP contribution < -0.4 is 9.70 Å². The lowest BCUT2D eigenvalue weighted by atomic mass is 10.1. The van der Waals surface area contributed by atoms with E-state index in [0.29, 0.717) is 0 Å². The molecule has 0 aliphatic rings. The standard InChI is InChI=1S/C24H24N4OS/c1-17-7-10-20(14-18(17)2)26-24-28(22(16-30-24)23-6-5-13-29-23)25-15-19-8-11-21(12-9-19)27(3)4/h5-16H,1-4H3. The van der Waals surface area contributed by atoms with Crippen LogP contribution in [0.1, 0.15) is 16.7 Å². The Hall–Kier alpha value is -3.38. The lowest BCUT2D eigenvalue weighted by Gasteiger charge is -2.11. The number of benzene rings is 2. The molecule has 0 saturated carbocycles. The number of rotatable bonds is 5. The molecule has 0 aliphatic heterocycles. The van der Waals surface area contributed by atoms with Crippen molar-refractivity contribution in [2.75, 3.05) is 19.0 Å². The topological polar surface area (TPSA) is 46.0 Å². The summed E-state index contributed by atoms with van der Waals surface area (Å²) in [6.07, 6.45) is 3.51. The van der Waals surface area contributed by atoms with Crippen LogP contribution in [0.25, 0.3) is 11.5 Å². The fourth-order valence-electron chi connectivity index (χ4n) is 2.97. The van der Waals surface area contributed by atoms with Crippen molar-refractivity contribution in [3.63, 3.8) is 0 Å². The summed E-state index contributed by atoms with van der Waals surface area (Å²) in [5.74, 6) is 0.757. The first kappa shape index (κ1) is 19.9. The molecule has 0 saturated heterocycles. The van der Waals surface area contributed by atoms with Gasteiger partial charge >= 0.3 is 0 Å². The molecule has 30 heavy (non-hydrogen) atoms. The van der Waals surface area contributed by atoms with E-state index in [-0.39, 0.29) is 0 Å². The number of thiazole rings is 1. The Morgan fingerprint density at radius 1 is 1.00 bits per heavy atom. The van der Waals surface area contributed by atoms with Gasteiger partial charge in [-0.3, -0.25) is 0 Å². The number of aromatic nitrogens is 1. The molecular weight excluding hydrogens is 392 g/mol. The highest BCUT2D eigenvalue weighted by atomic mass is 32.1. The summed E-state index contributed by atoms with van der Waals surface area (Å²) in [5, 5.41) is 6.76. The Morgan fingerprint density at radius 3 is 2.47 bits per heavy atom. The summed E-state index contributed by atoms with van der Waals surface area (Å²) in [5.41, 5.74) is 6.41. The van der Waals surface area contributed by atoms with Crippen LogP contribution >= 0.6 is 11.3 Å². The summed E-state index contributed by atoms with van der Waals surface area (Å²) in [6, 6.07) is 18.3. The zero-order valence-electron chi connectivity index (χ0n) is 17.5. The second-order valence-corrected chi connectivity index (χ2v) is 8.14. The van der Waals surface area contributed by atoms with Gasteiger partial charge in [0.2, 0.25) is 4.80 Å². The Balaban J connectivity index is 1.77. The average molecular weight is 417 g/mol. The Kier molecular flexibility index (Phi) is 5.68. The van der Waals surface area contributed by atoms with Crippen molar-refractivity contribution >= 4 is 28.9 Å². The van der Waals surface area contributed by atoms with Crippen LogP contribution in [-0.4, -0.2) is 25.0 Å². The molecule has 4 aromatic rings. The number of anilines is 1. The van der Waals surface area contributed by atoms with E-state index < -0.39 is 0 Å². The minimum atomic E-state index is 0.757. The number of aryl methyl sites for hydroxylation is 2. The van der Waals surface area contributed by atoms with E-state index in [2.05, 4.69) is 55.1 Å². The number of hydrogen-bond donors (Lipinski definition) is 0. The predicted molar refractivity (Wildman–Crippen MR) is 125 cm³/mol. The minimum absolute atomic E-state index is 0.757. The molecule has 0 bridgehead atoms. The first-order valence-corrected chi connectivity index (χ1v) is 10.6. The van der Waals surface area contributed by atoms with Gasteiger partial charge in [0.15, 0.2) is 5.76 Å². The second kappa shape index (κ2) is 8.55. The fourth-order valence-corrected chi connectivity index (χ4v) is 3.81. The number of hydrogen-bond acceptors (Lipinski definition) is 5. The fraction of sp³-hybridized carbons (Fsp3) is 0.167. The van der Waals surface area contributed by atoms with Crippen molar-refractivity contribution in [3.05, 3.63) is 87.7 Å². The summed E-state index contributed by atoms with van der Waals surface area (Å²) in [6.45, 7) is 4.20. The second-order valence-electron chi connectivity index (χ2n) is 7.30. The van der Waals surface area contributed by atoms with Crippen molar-refractivity contribution < 1.29 is 4.42 Å². The molecule has 2 aromatic heterocycles. The molecule has 4 rings (SSSR count). The highest BCUT2D eigenvalue weighted by molar-refractivity contribution is 7.07. The summed E-state index contributed by atoms with van der Waals surface area (Å²) >= 11 is 1.54. The molecule has 0 atom stereocenters. The van der Waals surface area contributed by atoms with Crippen LogP contribution in [0.2, 0.25) is 0 Å². The molecule has 5 nitrogen and oxygen atoms in total. The van der Waals surface area contributed by atoms with E-state index in [4.69, 9.17) is 14.5 Å². The molecule has 152 valence electrons. The molecule has 0 aliphatic carbocycles. The molecule has 0 spiro atoms. The van der Waals surface area contributed by atoms with Crippen molar-refractivity contribution in [1.29, 1.82) is 0 Å². The maximum atomic E-state index is 5.62. The normalized spacial score (nSPS) is 12.1. The van der Waals surface area contributed by atoms with Gasteiger partial charge in [-0.25, -0.2) is 9.67 Å². The van der Waals surface area contributed by atoms with Crippen molar-refractivity contribution in [2.45, 2.75) is 13.8 Å². The lowest BCUT2D eigenvalue weighted by molar-refractivity contribution is 0.575. The summed E-state index contributed by atoms with van der Waals surface area (Å²) < 4.78 is 7.45. The molecule has 2 heterocycles. The Morgan fingerprint density at radius 2 is 1.80 bits per heavy atom. The minimum Gasteiger partial charge on any atom is -0.463 e. The summed E-state index contributed by atoms with van der Waals surface area (Å²) in [7, 11) is 4.06. The highest BCUT2D eigenvalue weighted by Crippen LogP contribution is 2.22. The Bertz CT molecular complexity index is 1230. The van der Waals surface area contributed by atoms with Crippen LogP contribution in [0, 0.1) is 13.8 Å². The smallest absolute Gasteiger partial charge is 0.211 e. The van der Waals surface area contributed by atoms with Crippen LogP contribution in [0.5, 0.6) is 0 Å². The molecule has 0 amide bonds. The third kappa shape index (κ3) is 4.28. The third-order valence-electron chi connectivity index (χ3n) is 4.91. The van der Waals surface area contributed by atoms with Crippen molar-refractivity contribution in [3.8, 4) is 11.5 Å². The Labute approximate surface area is 180 Å². The molecule has 0 unspecified atom stereocenters. The van der Waals surface area contributed by atoms with Gasteiger partial charge in [0.05, 0.1) is 18.2 Å². The zero-order valence-corrected chi connectivity index (χ0v) is 18.4. The largest absolute Gasteiger partial charge is 0.463 e. The molecule has 6 heteroatoms. The van der Waals surface area contributed by atoms with Gasteiger partial charge in [-0.2, -0.15) is 5.10 Å². The molecule has 0 fully saturated rings. The van der Waals surface area contributed by atoms with E-state index in [1.54, 1.807) is 6.26 Å². The molecular formula is C24H24N4OS. The average Bonchev–Trinajstić information content (AvgIpc) is 3.39. The van der Waals surface area contributed by atoms with Gasteiger partial charge in [0.1, 0.15) is 5.69 Å². The molecule has 0 N–H and O–H groups in total. The van der Waals surface area contributed by atoms with Crippen LogP contribution in [0.15, 0.2) is 80.8 Å². The van der Waals surface area contributed by atoms with Crippen LogP contribution in [-0.2, 0) is 0 Å². The predicted octanol–water partition coefficient (Wildman–Crippen LogP) is 5.61. The van der Waals surface area contributed by atoms with E-state index in [9.17, 15) is 0 Å². The van der Waals surface area contributed by atoms with E-state index in [1.165, 1.54) is 22.5 Å². The lowest BCUT2D eigenvalue weighted by Crippen LogP contribution is -2.11. The quantitative estimate of drug-likeness (QED) is 0.397. The van der Waals surface area contributed by atoms with Crippen molar-refractivity contribution in [2.24, 2.45) is 10.1 Å². The van der Waals surface area contributed by atoms with E-state index in [1.807, 2.05) is 48.6 Å². The van der Waals surface area contributed by atoms with Crippen LogP contribution in [0.4, 0.5) is 11.4 Å². The van der Waals surface area contributed by atoms with Gasteiger partial charge < -0.3 is 9.32 Å². The molecule has 0 radical (unpaired) electrons. The van der Waals surface area contributed by atoms with Gasteiger partial charge in [0.25, 0.3) is 0 Å². The number of nitrogens with zero attached hydrogens (tertiary/aromatic N) is 4. The van der Waals surface area contributed by atoms with Crippen molar-refractivity contribution in [1.82, 2.24) is 4.68 Å². The SMILES string of the molecule is Cc1ccc(N=c2scc(-c3ccco3)n2N=Cc2ccc(N(C)C)cc2)cc1C.